The van der Waals surface area contributed by atoms with Crippen molar-refractivity contribution in [3.05, 3.63) is 11.1 Å². The van der Waals surface area contributed by atoms with Crippen LogP contribution in [0.5, 0.6) is 0 Å². The van der Waals surface area contributed by atoms with Crippen molar-refractivity contribution in [1.82, 2.24) is 0 Å². The van der Waals surface area contributed by atoms with Crippen LogP contribution in [0.15, 0.2) is 11.1 Å². The summed E-state index contributed by atoms with van der Waals surface area (Å²) in [4.78, 5) is 0. The molecule has 94 valence electrons. The summed E-state index contributed by atoms with van der Waals surface area (Å²) >= 11 is 0. The van der Waals surface area contributed by atoms with E-state index in [1.165, 1.54) is 32.1 Å². The third-order valence-corrected chi connectivity index (χ3v) is 7.89. The van der Waals surface area contributed by atoms with Crippen LogP contribution in [0.2, 0.25) is 0 Å². The summed E-state index contributed by atoms with van der Waals surface area (Å²) in [5, 5.41) is 0. The second kappa shape index (κ2) is 2.40. The molecular formula is C17H26. The van der Waals surface area contributed by atoms with Gasteiger partial charge in [-0.05, 0) is 59.7 Å². The molecule has 4 rings (SSSR count). The summed E-state index contributed by atoms with van der Waals surface area (Å²) in [7, 11) is 0. The van der Waals surface area contributed by atoms with Crippen molar-refractivity contribution in [2.45, 2.75) is 66.7 Å². The Bertz CT molecular complexity index is 459. The van der Waals surface area contributed by atoms with E-state index in [2.05, 4.69) is 34.6 Å². The van der Waals surface area contributed by atoms with E-state index in [1.54, 1.807) is 0 Å². The largest absolute Gasteiger partial charge is 0.0664 e. The lowest BCUT2D eigenvalue weighted by Crippen LogP contribution is -2.46. The van der Waals surface area contributed by atoms with Crippen molar-refractivity contribution in [3.8, 4) is 0 Å². The molecule has 4 aliphatic rings. The second-order valence-electron chi connectivity index (χ2n) is 8.64. The predicted octanol–water partition coefficient (Wildman–Crippen LogP) is 4.95. The van der Waals surface area contributed by atoms with E-state index in [0.29, 0.717) is 21.7 Å². The molecule has 5 atom stereocenters. The molecule has 0 nitrogen and oxygen atoms in total. The Hall–Kier alpha value is -0.260. The van der Waals surface area contributed by atoms with E-state index in [1.807, 2.05) is 11.1 Å². The molecule has 3 saturated carbocycles. The Balaban J connectivity index is 2.02. The molecule has 0 heterocycles. The van der Waals surface area contributed by atoms with E-state index in [-0.39, 0.29) is 0 Å². The van der Waals surface area contributed by atoms with Crippen molar-refractivity contribution < 1.29 is 0 Å². The Kier molecular flexibility index (Phi) is 1.50. The maximum absolute atomic E-state index is 2.60. The molecule has 0 heteroatoms. The summed E-state index contributed by atoms with van der Waals surface area (Å²) in [5.74, 6) is 0.866. The lowest BCUT2D eigenvalue weighted by atomic mass is 9.49. The SMILES string of the molecule is CC1CC2(C)CCC3(C)C4=C1CC2(C)CC43C. The van der Waals surface area contributed by atoms with Gasteiger partial charge in [-0.1, -0.05) is 45.8 Å². The fourth-order valence-electron chi connectivity index (χ4n) is 6.39. The Morgan fingerprint density at radius 3 is 2.35 bits per heavy atom. The minimum absolute atomic E-state index is 0.585. The van der Waals surface area contributed by atoms with Gasteiger partial charge in [0.1, 0.15) is 0 Å². The first-order valence-corrected chi connectivity index (χ1v) is 7.50. The average molecular weight is 230 g/mol. The fourth-order valence-corrected chi connectivity index (χ4v) is 6.39. The molecule has 0 amide bonds. The minimum atomic E-state index is 0.585. The maximum atomic E-state index is 2.60. The molecular weight excluding hydrogens is 204 g/mol. The highest BCUT2D eigenvalue weighted by molar-refractivity contribution is 5.53. The van der Waals surface area contributed by atoms with Crippen molar-refractivity contribution in [2.75, 3.05) is 0 Å². The first-order valence-electron chi connectivity index (χ1n) is 7.50. The molecule has 0 aromatic carbocycles. The summed E-state index contributed by atoms with van der Waals surface area (Å²) in [6.07, 6.45) is 7.27. The van der Waals surface area contributed by atoms with Gasteiger partial charge in [0.05, 0.1) is 0 Å². The lowest BCUT2D eigenvalue weighted by molar-refractivity contribution is -0.00759. The fraction of sp³-hybridized carbons (Fsp3) is 0.882. The van der Waals surface area contributed by atoms with Crippen molar-refractivity contribution in [2.24, 2.45) is 27.6 Å². The molecule has 3 fully saturated rings. The highest BCUT2D eigenvalue weighted by Crippen LogP contribution is 2.84. The van der Waals surface area contributed by atoms with Crippen molar-refractivity contribution in [1.29, 1.82) is 0 Å². The normalized spacial score (nSPS) is 63.7. The number of fused-ring (bicyclic) bond motifs is 2. The van der Waals surface area contributed by atoms with Gasteiger partial charge in [0.25, 0.3) is 0 Å². The van der Waals surface area contributed by atoms with Crippen LogP contribution in [-0.2, 0) is 0 Å². The molecule has 0 aromatic heterocycles. The standard InChI is InChI=1S/C17H26/c1-11-8-14(2)6-7-16(4)13-12(11)9-15(14,3)10-17(13,16)5/h11H,6-10H2,1-5H3. The highest BCUT2D eigenvalue weighted by atomic mass is 14.8. The summed E-state index contributed by atoms with van der Waals surface area (Å²) in [6.45, 7) is 12.8. The monoisotopic (exact) mass is 230 g/mol. The molecule has 0 radical (unpaired) electrons. The maximum Gasteiger partial charge on any atom is -0.00111 e. The van der Waals surface area contributed by atoms with Gasteiger partial charge in [0.2, 0.25) is 0 Å². The van der Waals surface area contributed by atoms with E-state index < -0.39 is 0 Å². The molecule has 0 N–H and O–H groups in total. The lowest BCUT2D eigenvalue weighted by Gasteiger charge is -2.56. The van der Waals surface area contributed by atoms with Gasteiger partial charge >= 0.3 is 0 Å². The van der Waals surface area contributed by atoms with Crippen LogP contribution in [0.25, 0.3) is 0 Å². The van der Waals surface area contributed by atoms with Gasteiger partial charge in [0, 0.05) is 0 Å². The molecule has 4 aliphatic carbocycles. The van der Waals surface area contributed by atoms with Gasteiger partial charge in [0.15, 0.2) is 0 Å². The van der Waals surface area contributed by atoms with E-state index in [9.17, 15) is 0 Å². The Morgan fingerprint density at radius 2 is 1.65 bits per heavy atom. The van der Waals surface area contributed by atoms with Gasteiger partial charge < -0.3 is 0 Å². The molecule has 0 saturated heterocycles. The number of hydrogen-bond donors (Lipinski definition) is 0. The van der Waals surface area contributed by atoms with Gasteiger partial charge in [-0.3, -0.25) is 0 Å². The molecule has 5 unspecified atom stereocenters. The highest BCUT2D eigenvalue weighted by Gasteiger charge is 2.75. The molecule has 17 heavy (non-hydrogen) atoms. The quantitative estimate of drug-likeness (QED) is 0.517. The topological polar surface area (TPSA) is 0 Å². The zero-order valence-electron chi connectivity index (χ0n) is 12.1. The minimum Gasteiger partial charge on any atom is -0.0664 e. The zero-order valence-corrected chi connectivity index (χ0v) is 12.1. The first-order chi connectivity index (χ1) is 7.76. The van der Waals surface area contributed by atoms with Gasteiger partial charge in [-0.2, -0.15) is 0 Å². The summed E-state index contributed by atoms with van der Waals surface area (Å²) in [5.41, 5.74) is 6.19. The third kappa shape index (κ3) is 0.861. The smallest absolute Gasteiger partial charge is 0.00111 e. The van der Waals surface area contributed by atoms with Crippen LogP contribution in [0.3, 0.4) is 0 Å². The molecule has 0 aliphatic heterocycles. The van der Waals surface area contributed by atoms with Crippen LogP contribution in [0.4, 0.5) is 0 Å². The average Bonchev–Trinajstić information content (AvgIpc) is 2.70. The number of allylic oxidation sites excluding steroid dienone is 2. The van der Waals surface area contributed by atoms with E-state index >= 15 is 0 Å². The third-order valence-electron chi connectivity index (χ3n) is 7.89. The second-order valence-corrected chi connectivity index (χ2v) is 8.64. The van der Waals surface area contributed by atoms with Crippen LogP contribution < -0.4 is 0 Å². The van der Waals surface area contributed by atoms with Crippen molar-refractivity contribution in [3.63, 3.8) is 0 Å². The van der Waals surface area contributed by atoms with Crippen molar-refractivity contribution >= 4 is 0 Å². The molecule has 0 spiro atoms. The van der Waals surface area contributed by atoms with Crippen LogP contribution >= 0.6 is 0 Å². The van der Waals surface area contributed by atoms with Crippen LogP contribution in [-0.4, -0.2) is 0 Å². The molecule has 3 bridgehead atoms. The summed E-state index contributed by atoms with van der Waals surface area (Å²) in [6, 6.07) is 0. The Labute approximate surface area is 106 Å². The predicted molar refractivity (Wildman–Crippen MR) is 71.7 cm³/mol. The summed E-state index contributed by atoms with van der Waals surface area (Å²) < 4.78 is 0. The van der Waals surface area contributed by atoms with E-state index in [0.717, 1.165) is 5.92 Å². The van der Waals surface area contributed by atoms with E-state index in [4.69, 9.17) is 0 Å². The van der Waals surface area contributed by atoms with Crippen LogP contribution in [0.1, 0.15) is 66.7 Å². The van der Waals surface area contributed by atoms with Crippen LogP contribution in [0, 0.1) is 27.6 Å². The number of rotatable bonds is 0. The Morgan fingerprint density at radius 1 is 0.941 bits per heavy atom. The number of hydrogen-bond acceptors (Lipinski definition) is 0. The van der Waals surface area contributed by atoms with Gasteiger partial charge in [-0.25, -0.2) is 0 Å². The van der Waals surface area contributed by atoms with Gasteiger partial charge in [-0.15, -0.1) is 0 Å². The molecule has 0 aromatic rings. The zero-order chi connectivity index (χ0) is 12.3. The first kappa shape index (κ1) is 10.6.